The summed E-state index contributed by atoms with van der Waals surface area (Å²) in [6.45, 7) is 0. The van der Waals surface area contributed by atoms with Crippen LogP contribution in [0.5, 0.6) is 5.75 Å². The zero-order valence-corrected chi connectivity index (χ0v) is 13.9. The number of amides is 1. The van der Waals surface area contributed by atoms with E-state index in [0.29, 0.717) is 20.4 Å². The van der Waals surface area contributed by atoms with Gasteiger partial charge in [0.15, 0.2) is 4.32 Å². The van der Waals surface area contributed by atoms with E-state index in [4.69, 9.17) is 12.2 Å². The van der Waals surface area contributed by atoms with E-state index in [-0.39, 0.29) is 17.5 Å². The SMILES string of the molecule is O=C1/C(=C\c2ccccc2O)SC(=S)N1/N=C/c1ccc(F)cc1. The van der Waals surface area contributed by atoms with Crippen molar-refractivity contribution >= 4 is 46.5 Å². The van der Waals surface area contributed by atoms with Gasteiger partial charge in [0.05, 0.1) is 11.1 Å². The number of phenols is 1. The van der Waals surface area contributed by atoms with Crippen molar-refractivity contribution < 1.29 is 14.3 Å². The third-order valence-electron chi connectivity index (χ3n) is 3.19. The molecule has 1 heterocycles. The van der Waals surface area contributed by atoms with Crippen molar-refractivity contribution in [3.8, 4) is 5.75 Å². The predicted molar refractivity (Wildman–Crippen MR) is 97.1 cm³/mol. The summed E-state index contributed by atoms with van der Waals surface area (Å²) in [4.78, 5) is 12.8. The first-order chi connectivity index (χ1) is 11.5. The molecule has 0 aliphatic carbocycles. The summed E-state index contributed by atoms with van der Waals surface area (Å²) in [6.07, 6.45) is 3.01. The Labute approximate surface area is 147 Å². The fourth-order valence-electron chi connectivity index (χ4n) is 1.98. The van der Waals surface area contributed by atoms with Gasteiger partial charge in [0, 0.05) is 5.56 Å². The van der Waals surface area contributed by atoms with Gasteiger partial charge in [0.2, 0.25) is 0 Å². The molecule has 7 heteroatoms. The number of halogens is 1. The van der Waals surface area contributed by atoms with Crippen LogP contribution in [0.4, 0.5) is 4.39 Å². The zero-order chi connectivity index (χ0) is 17.1. The van der Waals surface area contributed by atoms with Gasteiger partial charge in [-0.05, 0) is 42.1 Å². The molecule has 120 valence electrons. The molecule has 0 radical (unpaired) electrons. The molecule has 2 aromatic rings. The average molecular weight is 358 g/mol. The van der Waals surface area contributed by atoms with Crippen LogP contribution in [0.25, 0.3) is 6.08 Å². The number of hydrogen-bond donors (Lipinski definition) is 1. The first kappa shape index (κ1) is 16.4. The molecule has 1 saturated heterocycles. The highest BCUT2D eigenvalue weighted by atomic mass is 32.2. The van der Waals surface area contributed by atoms with Crippen molar-refractivity contribution in [2.45, 2.75) is 0 Å². The molecule has 0 saturated carbocycles. The van der Waals surface area contributed by atoms with Gasteiger partial charge in [-0.15, -0.1) is 0 Å². The number of benzene rings is 2. The molecular weight excluding hydrogens is 347 g/mol. The van der Waals surface area contributed by atoms with Crippen LogP contribution < -0.4 is 0 Å². The van der Waals surface area contributed by atoms with Crippen molar-refractivity contribution in [3.63, 3.8) is 0 Å². The van der Waals surface area contributed by atoms with E-state index in [1.807, 2.05) is 0 Å². The minimum atomic E-state index is -0.369. The Bertz CT molecular complexity index is 863. The highest BCUT2D eigenvalue weighted by Gasteiger charge is 2.32. The number of hydrazone groups is 1. The van der Waals surface area contributed by atoms with E-state index in [1.165, 1.54) is 18.3 Å². The average Bonchev–Trinajstić information content (AvgIpc) is 2.83. The van der Waals surface area contributed by atoms with Crippen molar-refractivity contribution in [2.24, 2.45) is 5.10 Å². The molecule has 0 bridgehead atoms. The standard InChI is InChI=1S/C17H11FN2O2S2/c18-13-7-5-11(6-8-13)10-19-20-16(22)15(24-17(20)23)9-12-3-1-2-4-14(12)21/h1-10,21H/b15-9+,19-10+. The number of thioether (sulfide) groups is 1. The van der Waals surface area contributed by atoms with Crippen molar-refractivity contribution in [3.05, 3.63) is 70.4 Å². The van der Waals surface area contributed by atoms with Crippen LogP contribution in [-0.2, 0) is 4.79 Å². The van der Waals surface area contributed by atoms with Gasteiger partial charge in [-0.25, -0.2) is 4.39 Å². The van der Waals surface area contributed by atoms with E-state index in [2.05, 4.69) is 5.10 Å². The highest BCUT2D eigenvalue weighted by Crippen LogP contribution is 2.34. The summed E-state index contributed by atoms with van der Waals surface area (Å²) in [5.74, 6) is -0.632. The molecule has 1 fully saturated rings. The van der Waals surface area contributed by atoms with Gasteiger partial charge >= 0.3 is 0 Å². The Kier molecular flexibility index (Phi) is 4.73. The van der Waals surface area contributed by atoms with Crippen LogP contribution in [0.2, 0.25) is 0 Å². The second kappa shape index (κ2) is 6.94. The normalized spacial score (nSPS) is 16.5. The topological polar surface area (TPSA) is 52.9 Å². The lowest BCUT2D eigenvalue weighted by Crippen LogP contribution is -2.22. The maximum Gasteiger partial charge on any atom is 0.286 e. The Hall–Kier alpha value is -2.51. The largest absolute Gasteiger partial charge is 0.507 e. The molecule has 1 N–H and O–H groups in total. The zero-order valence-electron chi connectivity index (χ0n) is 12.2. The maximum atomic E-state index is 12.9. The fourth-order valence-corrected chi connectivity index (χ4v) is 3.15. The number of hydrogen-bond acceptors (Lipinski definition) is 5. The van der Waals surface area contributed by atoms with Gasteiger partial charge in [0.25, 0.3) is 5.91 Å². The second-order valence-electron chi connectivity index (χ2n) is 4.85. The number of nitrogens with zero attached hydrogens (tertiary/aromatic N) is 2. The van der Waals surface area contributed by atoms with E-state index in [0.717, 1.165) is 16.8 Å². The summed E-state index contributed by atoms with van der Waals surface area (Å²) in [5, 5.41) is 15.0. The minimum absolute atomic E-state index is 0.0811. The highest BCUT2D eigenvalue weighted by molar-refractivity contribution is 8.26. The lowest BCUT2D eigenvalue weighted by Gasteiger charge is -2.06. The van der Waals surface area contributed by atoms with Crippen LogP contribution in [0.1, 0.15) is 11.1 Å². The van der Waals surface area contributed by atoms with Crippen LogP contribution in [0, 0.1) is 5.82 Å². The first-order valence-electron chi connectivity index (χ1n) is 6.90. The lowest BCUT2D eigenvalue weighted by atomic mass is 10.2. The number of phenolic OH excluding ortho intramolecular Hbond substituents is 1. The van der Waals surface area contributed by atoms with E-state index in [9.17, 15) is 14.3 Å². The van der Waals surface area contributed by atoms with Gasteiger partial charge in [0.1, 0.15) is 11.6 Å². The Morgan fingerprint density at radius 3 is 2.58 bits per heavy atom. The van der Waals surface area contributed by atoms with Crippen LogP contribution >= 0.6 is 24.0 Å². The third kappa shape index (κ3) is 3.52. The summed E-state index contributed by atoms with van der Waals surface area (Å²) >= 11 is 6.28. The lowest BCUT2D eigenvalue weighted by molar-refractivity contribution is -0.122. The number of rotatable bonds is 3. The van der Waals surface area contributed by atoms with Crippen LogP contribution in [0.15, 0.2) is 58.5 Å². The first-order valence-corrected chi connectivity index (χ1v) is 8.12. The van der Waals surface area contributed by atoms with E-state index in [1.54, 1.807) is 42.5 Å². The Morgan fingerprint density at radius 2 is 1.88 bits per heavy atom. The Balaban J connectivity index is 1.82. The summed E-state index contributed by atoms with van der Waals surface area (Å²) in [6, 6.07) is 12.4. The molecular formula is C17H11FN2O2S2. The Morgan fingerprint density at radius 1 is 1.17 bits per heavy atom. The molecule has 0 spiro atoms. The quantitative estimate of drug-likeness (QED) is 0.516. The van der Waals surface area contributed by atoms with Crippen molar-refractivity contribution in [2.75, 3.05) is 0 Å². The molecule has 1 aliphatic heterocycles. The van der Waals surface area contributed by atoms with Gasteiger partial charge in [-0.3, -0.25) is 4.79 Å². The number of aromatic hydroxyl groups is 1. The van der Waals surface area contributed by atoms with E-state index < -0.39 is 0 Å². The molecule has 0 aromatic heterocycles. The third-order valence-corrected chi connectivity index (χ3v) is 4.47. The van der Waals surface area contributed by atoms with Gasteiger partial charge < -0.3 is 5.11 Å². The van der Waals surface area contributed by atoms with E-state index >= 15 is 0 Å². The van der Waals surface area contributed by atoms with Crippen molar-refractivity contribution in [1.82, 2.24) is 5.01 Å². The molecule has 1 aliphatic rings. The van der Waals surface area contributed by atoms with Gasteiger partial charge in [-0.2, -0.15) is 10.1 Å². The molecule has 3 rings (SSSR count). The molecule has 0 atom stereocenters. The van der Waals surface area contributed by atoms with Crippen LogP contribution in [0.3, 0.4) is 0 Å². The summed E-state index contributed by atoms with van der Waals surface area (Å²) < 4.78 is 13.2. The summed E-state index contributed by atoms with van der Waals surface area (Å²) in [5.41, 5.74) is 1.18. The smallest absolute Gasteiger partial charge is 0.286 e. The number of carbonyl (C=O) groups is 1. The van der Waals surface area contributed by atoms with Gasteiger partial charge in [-0.1, -0.05) is 42.1 Å². The molecule has 0 unspecified atom stereocenters. The molecule has 2 aromatic carbocycles. The second-order valence-corrected chi connectivity index (χ2v) is 6.52. The van der Waals surface area contributed by atoms with Crippen LogP contribution in [-0.4, -0.2) is 26.6 Å². The van der Waals surface area contributed by atoms with Crippen molar-refractivity contribution in [1.29, 1.82) is 0 Å². The number of thiocarbonyl (C=S) groups is 1. The monoisotopic (exact) mass is 358 g/mol. The molecule has 4 nitrogen and oxygen atoms in total. The fraction of sp³-hybridized carbons (Fsp3) is 0. The maximum absolute atomic E-state index is 12.9. The molecule has 24 heavy (non-hydrogen) atoms. The predicted octanol–water partition coefficient (Wildman–Crippen LogP) is 3.77. The number of carbonyl (C=O) groups excluding carboxylic acids is 1. The summed E-state index contributed by atoms with van der Waals surface area (Å²) in [7, 11) is 0. The minimum Gasteiger partial charge on any atom is -0.507 e. The number of para-hydroxylation sites is 1. The molecule has 1 amide bonds.